The van der Waals surface area contributed by atoms with Gasteiger partial charge < -0.3 is 10.6 Å². The van der Waals surface area contributed by atoms with E-state index in [1.807, 2.05) is 13.8 Å². The van der Waals surface area contributed by atoms with Gasteiger partial charge in [0.1, 0.15) is 0 Å². The summed E-state index contributed by atoms with van der Waals surface area (Å²) in [6.07, 6.45) is 1.02. The average Bonchev–Trinajstić information content (AvgIpc) is 3.05. The number of nitrogens with zero attached hydrogens (tertiary/aromatic N) is 2. The van der Waals surface area contributed by atoms with Crippen LogP contribution >= 0.6 is 0 Å². The topological polar surface area (TPSA) is 75.5 Å². The van der Waals surface area contributed by atoms with Crippen LogP contribution in [0.3, 0.4) is 0 Å². The number of amides is 2. The Morgan fingerprint density at radius 1 is 1.40 bits per heavy atom. The van der Waals surface area contributed by atoms with Gasteiger partial charge >= 0.3 is 6.43 Å². The molecule has 25 heavy (non-hydrogen) atoms. The molecule has 2 unspecified atom stereocenters. The number of hydrogen-bond acceptors (Lipinski definition) is 3. The third-order valence-corrected chi connectivity index (χ3v) is 5.18. The number of nitrogens with one attached hydrogen (secondary N) is 2. The van der Waals surface area contributed by atoms with Gasteiger partial charge in [-0.1, -0.05) is 13.8 Å². The lowest BCUT2D eigenvalue weighted by atomic mass is 9.58. The summed E-state index contributed by atoms with van der Waals surface area (Å²) >= 11 is 0. The van der Waals surface area contributed by atoms with Gasteiger partial charge in [-0.15, -0.1) is 0 Å². The third kappa shape index (κ3) is 3.20. The Morgan fingerprint density at radius 2 is 2.16 bits per heavy atom. The van der Waals surface area contributed by atoms with Gasteiger partial charge in [0.05, 0.1) is 17.3 Å². The van der Waals surface area contributed by atoms with E-state index in [2.05, 4.69) is 15.7 Å². The predicted molar refractivity (Wildman–Crippen MR) is 87.3 cm³/mol. The second kappa shape index (κ2) is 6.42. The van der Waals surface area contributed by atoms with Crippen molar-refractivity contribution in [2.24, 2.45) is 11.3 Å². The average molecular weight is 350 g/mol. The lowest BCUT2D eigenvalue weighted by molar-refractivity contribution is -0.132. The van der Waals surface area contributed by atoms with Gasteiger partial charge in [0.2, 0.25) is 0 Å². The number of carbonyl (C=O) groups excluding carboxylic acids is 2. The first kappa shape index (κ1) is 17.3. The molecule has 1 fully saturated rings. The summed E-state index contributed by atoms with van der Waals surface area (Å²) in [4.78, 5) is 23.6. The number of fused-ring (bicyclic) bond motifs is 1. The maximum Gasteiger partial charge on any atom is 0.315 e. The van der Waals surface area contributed by atoms with Gasteiger partial charge in [-0.25, -0.2) is 4.52 Å². The molecule has 2 aromatic rings. The molecule has 2 heterocycles. The summed E-state index contributed by atoms with van der Waals surface area (Å²) in [7, 11) is 0. The van der Waals surface area contributed by atoms with Crippen LogP contribution in [0.15, 0.2) is 30.6 Å². The number of rotatable bonds is 5. The Balaban J connectivity index is 1.62. The van der Waals surface area contributed by atoms with Crippen molar-refractivity contribution in [3.63, 3.8) is 0 Å². The molecular weight excluding hydrogens is 330 g/mol. The summed E-state index contributed by atoms with van der Waals surface area (Å²) in [6.45, 7) is 4.10. The van der Waals surface area contributed by atoms with Crippen molar-refractivity contribution in [1.82, 2.24) is 20.2 Å². The van der Waals surface area contributed by atoms with Gasteiger partial charge in [0.15, 0.2) is 0 Å². The van der Waals surface area contributed by atoms with Crippen LogP contribution in [0.2, 0.25) is 0 Å². The van der Waals surface area contributed by atoms with Gasteiger partial charge in [-0.3, -0.25) is 9.59 Å². The molecule has 0 aromatic carbocycles. The molecule has 1 saturated carbocycles. The van der Waals surface area contributed by atoms with Crippen LogP contribution in [-0.2, 0) is 4.79 Å². The normalized spacial score (nSPS) is 21.8. The van der Waals surface area contributed by atoms with E-state index >= 15 is 0 Å². The molecule has 0 aliphatic heterocycles. The first-order chi connectivity index (χ1) is 11.8. The van der Waals surface area contributed by atoms with E-state index < -0.39 is 12.3 Å². The Hall–Kier alpha value is -2.51. The number of aromatic nitrogens is 2. The van der Waals surface area contributed by atoms with E-state index in [1.165, 1.54) is 0 Å². The molecule has 8 heteroatoms. The maximum atomic E-state index is 12.6. The molecule has 0 saturated heterocycles. The molecule has 2 aromatic heterocycles. The van der Waals surface area contributed by atoms with Crippen LogP contribution in [-0.4, -0.2) is 40.4 Å². The highest BCUT2D eigenvalue weighted by atomic mass is 19.3. The second-order valence-electron chi connectivity index (χ2n) is 6.91. The summed E-state index contributed by atoms with van der Waals surface area (Å²) < 4.78 is 26.1. The van der Waals surface area contributed by atoms with Crippen molar-refractivity contribution < 1.29 is 18.4 Å². The minimum atomic E-state index is -3.00. The van der Waals surface area contributed by atoms with Gasteiger partial charge in [0.25, 0.3) is 11.8 Å². The highest BCUT2D eigenvalue weighted by Gasteiger charge is 2.48. The standard InChI is InChI=1S/C17H20F2N4O2/c1-17(2)10(9-20-16(25)14(18)19)8-13(17)22-15(24)11-4-3-7-23-12(11)5-6-21-23/h3-7,10,13-14H,8-9H2,1-2H3,(H,20,25)(H,22,24). The van der Waals surface area contributed by atoms with Crippen LogP contribution in [0.4, 0.5) is 8.78 Å². The summed E-state index contributed by atoms with van der Waals surface area (Å²) in [5.74, 6) is -1.42. The van der Waals surface area contributed by atoms with E-state index in [9.17, 15) is 18.4 Å². The Bertz CT molecular complexity index is 803. The lowest BCUT2D eigenvalue weighted by Gasteiger charge is -2.52. The van der Waals surface area contributed by atoms with E-state index in [0.717, 1.165) is 5.52 Å². The monoisotopic (exact) mass is 350 g/mol. The molecule has 2 atom stereocenters. The fourth-order valence-corrected chi connectivity index (χ4v) is 3.29. The smallest absolute Gasteiger partial charge is 0.315 e. The molecule has 6 nitrogen and oxygen atoms in total. The zero-order valence-corrected chi connectivity index (χ0v) is 14.0. The predicted octanol–water partition coefficient (Wildman–Crippen LogP) is 1.86. The zero-order chi connectivity index (χ0) is 18.2. The first-order valence-corrected chi connectivity index (χ1v) is 8.10. The van der Waals surface area contributed by atoms with E-state index in [4.69, 9.17) is 0 Å². The van der Waals surface area contributed by atoms with Crippen LogP contribution in [0.1, 0.15) is 30.6 Å². The molecule has 0 radical (unpaired) electrons. The van der Waals surface area contributed by atoms with Crippen molar-refractivity contribution in [3.8, 4) is 0 Å². The molecule has 134 valence electrons. The number of pyridine rings is 1. The highest BCUT2D eigenvalue weighted by molar-refractivity contribution is 6.00. The van der Waals surface area contributed by atoms with Crippen LogP contribution < -0.4 is 10.6 Å². The Morgan fingerprint density at radius 3 is 2.84 bits per heavy atom. The maximum absolute atomic E-state index is 12.6. The fraction of sp³-hybridized carbons (Fsp3) is 0.471. The number of carbonyl (C=O) groups is 2. The van der Waals surface area contributed by atoms with Crippen molar-refractivity contribution in [1.29, 1.82) is 0 Å². The van der Waals surface area contributed by atoms with E-state index in [0.29, 0.717) is 12.0 Å². The second-order valence-corrected chi connectivity index (χ2v) is 6.91. The number of hydrogen-bond donors (Lipinski definition) is 2. The van der Waals surface area contributed by atoms with Gasteiger partial charge in [-0.2, -0.15) is 13.9 Å². The highest BCUT2D eigenvalue weighted by Crippen LogP contribution is 2.46. The Labute approximate surface area is 143 Å². The largest absolute Gasteiger partial charge is 0.351 e. The molecule has 0 spiro atoms. The molecular formula is C17H20F2N4O2. The third-order valence-electron chi connectivity index (χ3n) is 5.18. The van der Waals surface area contributed by atoms with Crippen molar-refractivity contribution in [3.05, 3.63) is 36.2 Å². The minimum absolute atomic E-state index is 0.0336. The molecule has 2 N–H and O–H groups in total. The van der Waals surface area contributed by atoms with Gasteiger partial charge in [-0.05, 0) is 36.0 Å². The SMILES string of the molecule is CC1(C)C(CNC(=O)C(F)F)CC1NC(=O)c1cccn2nccc12. The van der Waals surface area contributed by atoms with Crippen molar-refractivity contribution in [2.45, 2.75) is 32.7 Å². The summed E-state index contributed by atoms with van der Waals surface area (Å²) in [6, 6.07) is 5.17. The van der Waals surface area contributed by atoms with Crippen LogP contribution in [0, 0.1) is 11.3 Å². The van der Waals surface area contributed by atoms with Crippen LogP contribution in [0.5, 0.6) is 0 Å². The summed E-state index contributed by atoms with van der Waals surface area (Å²) in [5.41, 5.74) is 0.958. The summed E-state index contributed by atoms with van der Waals surface area (Å²) in [5, 5.41) is 9.36. The fourth-order valence-electron chi connectivity index (χ4n) is 3.29. The van der Waals surface area contributed by atoms with Crippen LogP contribution in [0.25, 0.3) is 5.52 Å². The zero-order valence-electron chi connectivity index (χ0n) is 14.0. The van der Waals surface area contributed by atoms with E-state index in [-0.39, 0.29) is 29.8 Å². The number of alkyl halides is 2. The molecule has 2 amide bonds. The Kier molecular flexibility index (Phi) is 4.45. The number of halogens is 2. The lowest BCUT2D eigenvalue weighted by Crippen LogP contribution is -2.60. The molecule has 1 aliphatic rings. The minimum Gasteiger partial charge on any atom is -0.351 e. The molecule has 1 aliphatic carbocycles. The quantitative estimate of drug-likeness (QED) is 0.864. The van der Waals surface area contributed by atoms with Crippen molar-refractivity contribution in [2.75, 3.05) is 6.54 Å². The van der Waals surface area contributed by atoms with Gasteiger partial charge in [0, 0.05) is 18.8 Å². The van der Waals surface area contributed by atoms with Crippen molar-refractivity contribution >= 4 is 17.3 Å². The van der Waals surface area contributed by atoms with E-state index in [1.54, 1.807) is 35.1 Å². The molecule has 0 bridgehead atoms. The first-order valence-electron chi connectivity index (χ1n) is 8.10. The molecule has 3 rings (SSSR count).